The van der Waals surface area contributed by atoms with Crippen molar-refractivity contribution in [3.63, 3.8) is 0 Å². The summed E-state index contributed by atoms with van der Waals surface area (Å²) in [4.78, 5) is 59.7. The third-order valence-electron chi connectivity index (χ3n) is 10.9. The molecule has 9 nitrogen and oxygen atoms in total. The summed E-state index contributed by atoms with van der Waals surface area (Å²) in [6.07, 6.45) is 2.23. The zero-order chi connectivity index (χ0) is 35.8. The monoisotopic (exact) mass is 741 g/mol. The Kier molecular flexibility index (Phi) is 8.13. The number of hydrogen-bond acceptors (Lipinski definition) is 7. The molecule has 2 N–H and O–H groups in total. The minimum Gasteiger partial charge on any atom is -0.508 e. The summed E-state index contributed by atoms with van der Waals surface area (Å²) in [5.41, 5.74) is 3.59. The van der Waals surface area contributed by atoms with Crippen LogP contribution in [0.25, 0.3) is 0 Å². The minimum absolute atomic E-state index is 0.0790. The van der Waals surface area contributed by atoms with Gasteiger partial charge >= 0.3 is 0 Å². The molecule has 1 saturated carbocycles. The molecule has 6 atom stereocenters. The summed E-state index contributed by atoms with van der Waals surface area (Å²) in [5.74, 6) is -5.50. The van der Waals surface area contributed by atoms with Gasteiger partial charge in [-0.25, -0.2) is 0 Å². The van der Waals surface area contributed by atoms with Crippen molar-refractivity contribution >= 4 is 69.8 Å². The molecule has 2 saturated heterocycles. The summed E-state index contributed by atoms with van der Waals surface area (Å²) < 4.78 is 5.44. The number of halogens is 3. The number of rotatable bonds is 6. The topological polar surface area (TPSA) is 116 Å². The van der Waals surface area contributed by atoms with Crippen LogP contribution >= 0.6 is 34.8 Å². The molecule has 0 unspecified atom stereocenters. The largest absolute Gasteiger partial charge is 0.508 e. The second-order valence-corrected chi connectivity index (χ2v) is 14.5. The predicted octanol–water partition coefficient (Wildman–Crippen LogP) is 7.55. The highest BCUT2D eigenvalue weighted by Crippen LogP contribution is 2.65. The Bertz CT molecular complexity index is 2160. The highest BCUT2D eigenvalue weighted by Gasteiger charge is 2.70. The number of benzene rings is 4. The summed E-state index contributed by atoms with van der Waals surface area (Å²) in [7, 11) is 1.53. The molecule has 0 aromatic heterocycles. The fourth-order valence-corrected chi connectivity index (χ4v) is 9.41. The molecule has 258 valence electrons. The highest BCUT2D eigenvalue weighted by molar-refractivity contribution is 6.36. The zero-order valence-electron chi connectivity index (χ0n) is 27.1. The maximum absolute atomic E-state index is 15.3. The van der Waals surface area contributed by atoms with Crippen LogP contribution in [0.4, 0.5) is 11.4 Å². The van der Waals surface area contributed by atoms with Crippen molar-refractivity contribution < 1.29 is 29.0 Å². The molecule has 0 bridgehead atoms. The second kappa shape index (κ2) is 12.4. The summed E-state index contributed by atoms with van der Waals surface area (Å²) in [6, 6.07) is 24.9. The maximum Gasteiger partial charge on any atom is 0.260 e. The molecule has 2 heterocycles. The van der Waals surface area contributed by atoms with E-state index >= 15 is 4.79 Å². The highest BCUT2D eigenvalue weighted by atomic mass is 35.5. The van der Waals surface area contributed by atoms with Gasteiger partial charge in [0.25, 0.3) is 11.8 Å². The SMILES string of the molecule is COc1ccc([C@@]23C(=O)N(Nc4ccc(Cl)cc4Cl)C(=O)[C@@H]2C[C@@H]2C(=CC[C@@H]4C(=O)N(c5ccccc5)C(=O)[C@@H]42)[C@@H]3c2cc(Cl)ccc2O)cc1. The van der Waals surface area contributed by atoms with Crippen LogP contribution in [-0.2, 0) is 24.6 Å². The molecule has 12 heteroatoms. The Morgan fingerprint density at radius 3 is 2.24 bits per heavy atom. The lowest BCUT2D eigenvalue weighted by Crippen LogP contribution is -2.53. The second-order valence-electron chi connectivity index (χ2n) is 13.3. The Morgan fingerprint density at radius 2 is 1.53 bits per heavy atom. The van der Waals surface area contributed by atoms with E-state index in [0.717, 1.165) is 5.01 Å². The molecule has 4 aliphatic rings. The number of imide groups is 2. The first-order chi connectivity index (χ1) is 24.6. The van der Waals surface area contributed by atoms with Gasteiger partial charge in [-0.15, -0.1) is 0 Å². The van der Waals surface area contributed by atoms with Crippen LogP contribution in [0.3, 0.4) is 0 Å². The van der Waals surface area contributed by atoms with E-state index in [9.17, 15) is 19.5 Å². The molecule has 4 amide bonds. The predicted molar refractivity (Wildman–Crippen MR) is 193 cm³/mol. The van der Waals surface area contributed by atoms with Crippen LogP contribution in [0, 0.1) is 23.7 Å². The number of aromatic hydroxyl groups is 1. The molecular formula is C39H30Cl3N3O6. The molecular weight excluding hydrogens is 713 g/mol. The van der Waals surface area contributed by atoms with Gasteiger partial charge < -0.3 is 9.84 Å². The van der Waals surface area contributed by atoms with Crippen LogP contribution in [0.5, 0.6) is 11.5 Å². The van der Waals surface area contributed by atoms with Crippen molar-refractivity contribution in [3.8, 4) is 11.5 Å². The van der Waals surface area contributed by atoms with Crippen LogP contribution in [-0.4, -0.2) is 40.9 Å². The first-order valence-electron chi connectivity index (χ1n) is 16.4. The number of carbonyl (C=O) groups excluding carboxylic acids is 4. The summed E-state index contributed by atoms with van der Waals surface area (Å²) >= 11 is 19.3. The van der Waals surface area contributed by atoms with E-state index in [0.29, 0.717) is 38.2 Å². The Labute approximate surface area is 308 Å². The number of fused-ring (bicyclic) bond motifs is 4. The van der Waals surface area contributed by atoms with E-state index in [2.05, 4.69) is 5.43 Å². The van der Waals surface area contributed by atoms with Gasteiger partial charge in [0.1, 0.15) is 11.5 Å². The number of nitrogens with one attached hydrogen (secondary N) is 1. The number of para-hydroxylation sites is 1. The molecule has 4 aromatic carbocycles. The lowest BCUT2D eigenvalue weighted by Gasteiger charge is -2.50. The fourth-order valence-electron chi connectivity index (χ4n) is 8.78. The molecule has 51 heavy (non-hydrogen) atoms. The van der Waals surface area contributed by atoms with E-state index in [-0.39, 0.29) is 41.1 Å². The molecule has 4 aromatic rings. The number of phenols is 1. The minimum atomic E-state index is -1.63. The van der Waals surface area contributed by atoms with Gasteiger partial charge in [-0.2, -0.15) is 5.01 Å². The third-order valence-corrected chi connectivity index (χ3v) is 11.7. The molecule has 8 rings (SSSR count). The van der Waals surface area contributed by atoms with E-state index in [1.165, 1.54) is 24.1 Å². The average Bonchev–Trinajstić information content (AvgIpc) is 3.51. The van der Waals surface area contributed by atoms with Gasteiger partial charge in [0.15, 0.2) is 0 Å². The molecule has 0 radical (unpaired) electrons. The molecule has 3 fully saturated rings. The number of amides is 4. The zero-order valence-corrected chi connectivity index (χ0v) is 29.3. The van der Waals surface area contributed by atoms with Gasteiger partial charge in [0, 0.05) is 21.5 Å². The van der Waals surface area contributed by atoms with Crippen molar-refractivity contribution in [2.24, 2.45) is 23.7 Å². The third kappa shape index (κ3) is 4.97. The van der Waals surface area contributed by atoms with Crippen molar-refractivity contribution in [3.05, 3.63) is 129 Å². The number of carbonyl (C=O) groups is 4. The van der Waals surface area contributed by atoms with Crippen molar-refractivity contribution in [2.75, 3.05) is 17.4 Å². The van der Waals surface area contributed by atoms with Gasteiger partial charge in [-0.1, -0.05) is 76.8 Å². The Hall–Kier alpha value is -4.83. The quantitative estimate of drug-likeness (QED) is 0.155. The maximum atomic E-state index is 15.3. The Morgan fingerprint density at radius 1 is 0.824 bits per heavy atom. The number of anilines is 2. The van der Waals surface area contributed by atoms with Crippen LogP contribution in [0.15, 0.2) is 103 Å². The lowest BCUT2D eigenvalue weighted by atomic mass is 9.49. The van der Waals surface area contributed by atoms with Gasteiger partial charge in [-0.05, 0) is 85.0 Å². The number of ether oxygens (including phenoxy) is 1. The standard InChI is InChI=1S/C39H30Cl3N3O6/c1-51-24-11-7-20(8-12-24)39-29(36(48)45(38(39)50)43-31-15-9-22(41)18-30(31)42)19-27-25(34(39)28-17-21(40)10-16-32(28)46)13-14-26-33(27)37(49)44(35(26)47)23-5-3-2-4-6-23/h2-13,15-18,26-27,29,33-34,43,46H,14,19H2,1H3/t26-,27+,29-,33-,34+,39+/m0/s1. The van der Waals surface area contributed by atoms with Gasteiger partial charge in [0.05, 0.1) is 46.7 Å². The number of methoxy groups -OCH3 is 1. The summed E-state index contributed by atoms with van der Waals surface area (Å²) in [6.45, 7) is 0. The first-order valence-corrected chi connectivity index (χ1v) is 17.6. The fraction of sp³-hybridized carbons (Fsp3) is 0.231. The number of hydrazine groups is 1. The van der Waals surface area contributed by atoms with Crippen molar-refractivity contribution in [1.29, 1.82) is 0 Å². The van der Waals surface area contributed by atoms with E-state index < -0.39 is 46.8 Å². The van der Waals surface area contributed by atoms with E-state index in [4.69, 9.17) is 39.5 Å². The number of hydrogen-bond donors (Lipinski definition) is 2. The average molecular weight is 743 g/mol. The van der Waals surface area contributed by atoms with Crippen LogP contribution < -0.4 is 15.1 Å². The summed E-state index contributed by atoms with van der Waals surface area (Å²) in [5, 5.41) is 13.4. The first kappa shape index (κ1) is 33.3. The normalized spacial score (nSPS) is 26.8. The van der Waals surface area contributed by atoms with Crippen LogP contribution in [0.1, 0.15) is 29.9 Å². The smallest absolute Gasteiger partial charge is 0.260 e. The number of nitrogens with zero attached hydrogens (tertiary/aromatic N) is 2. The van der Waals surface area contributed by atoms with E-state index in [1.807, 2.05) is 12.1 Å². The Balaban J connectivity index is 1.35. The number of allylic oxidation sites excluding steroid dienone is 2. The molecule has 2 aliphatic heterocycles. The molecule has 2 aliphatic carbocycles. The lowest BCUT2D eigenvalue weighted by molar-refractivity contribution is -0.138. The van der Waals surface area contributed by atoms with Crippen LogP contribution in [0.2, 0.25) is 15.1 Å². The number of phenolic OH excluding ortho intramolecular Hbond substituents is 1. The van der Waals surface area contributed by atoms with Gasteiger partial charge in [-0.3, -0.25) is 29.5 Å². The molecule has 0 spiro atoms. The van der Waals surface area contributed by atoms with Gasteiger partial charge in [0.2, 0.25) is 11.8 Å². The van der Waals surface area contributed by atoms with Crippen molar-refractivity contribution in [2.45, 2.75) is 24.2 Å². The van der Waals surface area contributed by atoms with E-state index in [1.54, 1.807) is 72.8 Å². The van der Waals surface area contributed by atoms with Crippen molar-refractivity contribution in [1.82, 2.24) is 5.01 Å².